The van der Waals surface area contributed by atoms with E-state index in [1.54, 1.807) is 18.6 Å². The summed E-state index contributed by atoms with van der Waals surface area (Å²) in [6, 6.07) is 1.88. The third-order valence-electron chi connectivity index (χ3n) is 4.03. The summed E-state index contributed by atoms with van der Waals surface area (Å²) in [7, 11) is 0. The van der Waals surface area contributed by atoms with E-state index in [4.69, 9.17) is 4.74 Å². The molecule has 3 rings (SSSR count). The van der Waals surface area contributed by atoms with E-state index in [9.17, 15) is 4.79 Å². The normalized spacial score (nSPS) is 17.6. The molecular weight excluding hydrogens is 306 g/mol. The maximum absolute atomic E-state index is 11.9. The molecule has 7 nitrogen and oxygen atoms in total. The van der Waals surface area contributed by atoms with Crippen molar-refractivity contribution in [3.8, 4) is 0 Å². The minimum atomic E-state index is 0.0182. The number of nitrogens with one attached hydrogen (secondary N) is 1. The van der Waals surface area contributed by atoms with Gasteiger partial charge in [0.05, 0.1) is 0 Å². The predicted octanol–water partition coefficient (Wildman–Crippen LogP) is 2.01. The van der Waals surface area contributed by atoms with Gasteiger partial charge in [-0.15, -0.1) is 0 Å². The van der Waals surface area contributed by atoms with Gasteiger partial charge in [0.2, 0.25) is 5.91 Å². The summed E-state index contributed by atoms with van der Waals surface area (Å²) < 4.78 is 7.50. The highest BCUT2D eigenvalue weighted by molar-refractivity contribution is 5.75. The van der Waals surface area contributed by atoms with Crippen molar-refractivity contribution in [2.24, 2.45) is 0 Å². The SMILES string of the molecule is O=C(CCCn1cccn1)NCc1cnc(C2CCCCO2)nc1. The molecule has 0 bridgehead atoms. The first kappa shape index (κ1) is 16.6. The van der Waals surface area contributed by atoms with Crippen molar-refractivity contribution < 1.29 is 9.53 Å². The van der Waals surface area contributed by atoms with Crippen LogP contribution < -0.4 is 5.32 Å². The Morgan fingerprint density at radius 1 is 1.33 bits per heavy atom. The number of carbonyl (C=O) groups excluding carboxylic acids is 1. The summed E-state index contributed by atoms with van der Waals surface area (Å²) in [6.07, 6.45) is 11.7. The Labute approximate surface area is 141 Å². The zero-order valence-corrected chi connectivity index (χ0v) is 13.7. The van der Waals surface area contributed by atoms with Crippen LogP contribution in [0.25, 0.3) is 0 Å². The molecule has 3 heterocycles. The predicted molar refractivity (Wildman–Crippen MR) is 87.9 cm³/mol. The van der Waals surface area contributed by atoms with Gasteiger partial charge in [-0.1, -0.05) is 0 Å². The first-order valence-electron chi connectivity index (χ1n) is 8.48. The quantitative estimate of drug-likeness (QED) is 0.840. The molecule has 2 aromatic heterocycles. The Bertz CT molecular complexity index is 621. The number of hydrogen-bond acceptors (Lipinski definition) is 5. The average Bonchev–Trinajstić information content (AvgIpc) is 3.15. The number of ether oxygens (including phenoxy) is 1. The van der Waals surface area contributed by atoms with E-state index in [-0.39, 0.29) is 12.0 Å². The van der Waals surface area contributed by atoms with Crippen molar-refractivity contribution >= 4 is 5.91 Å². The molecule has 1 fully saturated rings. The van der Waals surface area contributed by atoms with E-state index in [1.165, 1.54) is 0 Å². The zero-order valence-electron chi connectivity index (χ0n) is 13.7. The molecule has 0 radical (unpaired) electrons. The average molecular weight is 329 g/mol. The van der Waals surface area contributed by atoms with Crippen molar-refractivity contribution in [1.29, 1.82) is 0 Å². The lowest BCUT2D eigenvalue weighted by atomic mass is 10.1. The fraction of sp³-hybridized carbons (Fsp3) is 0.529. The number of aromatic nitrogens is 4. The molecule has 1 N–H and O–H groups in total. The van der Waals surface area contributed by atoms with E-state index in [1.807, 2.05) is 16.9 Å². The summed E-state index contributed by atoms with van der Waals surface area (Å²) >= 11 is 0. The van der Waals surface area contributed by atoms with Crippen LogP contribution in [-0.4, -0.2) is 32.3 Å². The van der Waals surface area contributed by atoms with Crippen LogP contribution in [0.3, 0.4) is 0 Å². The van der Waals surface area contributed by atoms with Crippen molar-refractivity contribution in [3.05, 3.63) is 42.2 Å². The summed E-state index contributed by atoms with van der Waals surface area (Å²) in [6.45, 7) is 1.98. The van der Waals surface area contributed by atoms with E-state index in [2.05, 4.69) is 20.4 Å². The summed E-state index contributed by atoms with van der Waals surface area (Å²) in [5, 5.41) is 7.01. The van der Waals surface area contributed by atoms with Crippen LogP contribution >= 0.6 is 0 Å². The topological polar surface area (TPSA) is 81.9 Å². The van der Waals surface area contributed by atoms with Crippen molar-refractivity contribution in [2.45, 2.75) is 51.3 Å². The minimum absolute atomic E-state index is 0.0182. The van der Waals surface area contributed by atoms with Gasteiger partial charge in [-0.25, -0.2) is 9.97 Å². The largest absolute Gasteiger partial charge is 0.370 e. The van der Waals surface area contributed by atoms with Crippen molar-refractivity contribution in [3.63, 3.8) is 0 Å². The lowest BCUT2D eigenvalue weighted by molar-refractivity contribution is -0.121. The van der Waals surface area contributed by atoms with Crippen LogP contribution in [0.1, 0.15) is 49.6 Å². The third kappa shape index (κ3) is 4.86. The Hall–Kier alpha value is -2.28. The van der Waals surface area contributed by atoms with Gasteiger partial charge in [-0.2, -0.15) is 5.10 Å². The van der Waals surface area contributed by atoms with Gasteiger partial charge in [0.25, 0.3) is 0 Å². The number of nitrogens with zero attached hydrogens (tertiary/aromatic N) is 4. The van der Waals surface area contributed by atoms with Crippen LogP contribution in [0.5, 0.6) is 0 Å². The Kier molecular flexibility index (Phi) is 5.90. The molecule has 0 aromatic carbocycles. The number of hydrogen-bond donors (Lipinski definition) is 1. The Morgan fingerprint density at radius 3 is 2.92 bits per heavy atom. The lowest BCUT2D eigenvalue weighted by Crippen LogP contribution is -2.23. The first-order valence-corrected chi connectivity index (χ1v) is 8.48. The van der Waals surface area contributed by atoms with Crippen molar-refractivity contribution in [2.75, 3.05) is 6.61 Å². The molecule has 0 aliphatic carbocycles. The lowest BCUT2D eigenvalue weighted by Gasteiger charge is -2.21. The molecule has 1 amide bonds. The zero-order chi connectivity index (χ0) is 16.6. The van der Waals surface area contributed by atoms with Crippen LogP contribution in [0, 0.1) is 0 Å². The smallest absolute Gasteiger partial charge is 0.220 e. The van der Waals surface area contributed by atoms with E-state index in [0.29, 0.717) is 13.0 Å². The van der Waals surface area contributed by atoms with Crippen LogP contribution in [0.4, 0.5) is 0 Å². The molecule has 0 spiro atoms. The monoisotopic (exact) mass is 329 g/mol. The van der Waals surface area contributed by atoms with Crippen molar-refractivity contribution in [1.82, 2.24) is 25.1 Å². The van der Waals surface area contributed by atoms with Crippen LogP contribution in [0.15, 0.2) is 30.9 Å². The number of amides is 1. The number of rotatable bonds is 7. The molecular formula is C17H23N5O2. The first-order chi connectivity index (χ1) is 11.8. The van der Waals surface area contributed by atoms with Gasteiger partial charge in [0.15, 0.2) is 5.82 Å². The molecule has 2 aromatic rings. The number of carbonyl (C=O) groups is 1. The molecule has 1 unspecified atom stereocenters. The molecule has 7 heteroatoms. The van der Waals surface area contributed by atoms with Gasteiger partial charge in [-0.3, -0.25) is 9.48 Å². The molecule has 1 aliphatic heterocycles. The Morgan fingerprint density at radius 2 is 2.21 bits per heavy atom. The maximum Gasteiger partial charge on any atom is 0.220 e. The van der Waals surface area contributed by atoms with Gasteiger partial charge in [-0.05, 0) is 31.7 Å². The fourth-order valence-electron chi connectivity index (χ4n) is 2.69. The second-order valence-corrected chi connectivity index (χ2v) is 5.95. The highest BCUT2D eigenvalue weighted by Crippen LogP contribution is 2.24. The molecule has 1 atom stereocenters. The fourth-order valence-corrected chi connectivity index (χ4v) is 2.69. The standard InChI is InChI=1S/C17H23N5O2/c23-16(6-3-8-22-9-4-7-21-22)18-11-14-12-19-17(20-13-14)15-5-1-2-10-24-15/h4,7,9,12-13,15H,1-3,5-6,8,10-11H2,(H,18,23). The number of aryl methyl sites for hydroxylation is 1. The molecule has 0 saturated carbocycles. The minimum Gasteiger partial charge on any atom is -0.370 e. The second-order valence-electron chi connectivity index (χ2n) is 5.95. The van der Waals surface area contributed by atoms with Crippen LogP contribution in [-0.2, 0) is 22.6 Å². The third-order valence-corrected chi connectivity index (χ3v) is 4.03. The van der Waals surface area contributed by atoms with Gasteiger partial charge >= 0.3 is 0 Å². The van der Waals surface area contributed by atoms with E-state index in [0.717, 1.165) is 50.2 Å². The van der Waals surface area contributed by atoms with Gasteiger partial charge < -0.3 is 10.1 Å². The van der Waals surface area contributed by atoms with Gasteiger partial charge in [0, 0.05) is 56.5 Å². The summed E-state index contributed by atoms with van der Waals surface area (Å²) in [5.41, 5.74) is 0.898. The Balaban J connectivity index is 1.38. The van der Waals surface area contributed by atoms with Crippen LogP contribution in [0.2, 0.25) is 0 Å². The highest BCUT2D eigenvalue weighted by atomic mass is 16.5. The van der Waals surface area contributed by atoms with E-state index >= 15 is 0 Å². The highest BCUT2D eigenvalue weighted by Gasteiger charge is 2.18. The second kappa shape index (κ2) is 8.54. The summed E-state index contributed by atoms with van der Waals surface area (Å²) in [5.74, 6) is 0.769. The summed E-state index contributed by atoms with van der Waals surface area (Å²) in [4.78, 5) is 20.6. The maximum atomic E-state index is 11.9. The van der Waals surface area contributed by atoms with E-state index < -0.39 is 0 Å². The molecule has 1 saturated heterocycles. The molecule has 128 valence electrons. The molecule has 24 heavy (non-hydrogen) atoms. The van der Waals surface area contributed by atoms with Gasteiger partial charge in [0.1, 0.15) is 6.10 Å². The molecule has 1 aliphatic rings.